The quantitative estimate of drug-likeness (QED) is 0.832. The van der Waals surface area contributed by atoms with Crippen LogP contribution in [0.25, 0.3) is 10.9 Å². The molecular weight excluding hydrogens is 320 g/mol. The number of amides is 1. The van der Waals surface area contributed by atoms with Gasteiger partial charge in [-0.05, 0) is 25.5 Å². The Balaban J connectivity index is 2.36. The van der Waals surface area contributed by atoms with Gasteiger partial charge in [-0.25, -0.2) is 4.79 Å². The van der Waals surface area contributed by atoms with Gasteiger partial charge in [-0.1, -0.05) is 23.7 Å². The van der Waals surface area contributed by atoms with Crippen molar-refractivity contribution in [2.24, 2.45) is 0 Å². The zero-order valence-electron chi connectivity index (χ0n) is 13.0. The number of rotatable bonds is 4. The summed E-state index contributed by atoms with van der Waals surface area (Å²) in [6, 6.07) is 4.32. The fraction of sp³-hybridized carbons (Fsp3) is 0.312. The van der Waals surface area contributed by atoms with Gasteiger partial charge in [0.1, 0.15) is 0 Å². The summed E-state index contributed by atoms with van der Waals surface area (Å²) in [7, 11) is 1.18. The summed E-state index contributed by atoms with van der Waals surface area (Å²) in [4.78, 5) is 28.2. The first-order chi connectivity index (χ1) is 10.8. The first kappa shape index (κ1) is 17.2. The van der Waals surface area contributed by atoms with Crippen molar-refractivity contribution in [2.75, 3.05) is 7.11 Å². The predicted molar refractivity (Wildman–Crippen MR) is 86.4 cm³/mol. The van der Waals surface area contributed by atoms with E-state index in [1.807, 2.05) is 19.1 Å². The van der Waals surface area contributed by atoms with Crippen LogP contribution < -0.4 is 5.32 Å². The van der Waals surface area contributed by atoms with Gasteiger partial charge in [-0.15, -0.1) is 0 Å². The molecule has 7 heteroatoms. The number of benzene rings is 1. The van der Waals surface area contributed by atoms with Crippen molar-refractivity contribution in [3.8, 4) is 0 Å². The van der Waals surface area contributed by atoms with Gasteiger partial charge < -0.3 is 15.2 Å². The third-order valence-corrected chi connectivity index (χ3v) is 3.83. The average molecular weight is 337 g/mol. The van der Waals surface area contributed by atoms with E-state index in [0.717, 1.165) is 5.56 Å². The Bertz CT molecular complexity index is 761. The number of aromatic nitrogens is 1. The fourth-order valence-electron chi connectivity index (χ4n) is 2.15. The lowest BCUT2D eigenvalue weighted by Gasteiger charge is -2.19. The van der Waals surface area contributed by atoms with Crippen LogP contribution in [0, 0.1) is 6.92 Å². The number of nitrogens with one attached hydrogen (secondary N) is 1. The van der Waals surface area contributed by atoms with Crippen molar-refractivity contribution in [2.45, 2.75) is 26.0 Å². The number of nitrogens with zero attached hydrogens (tertiary/aromatic N) is 1. The lowest BCUT2D eigenvalue weighted by molar-refractivity contribution is -0.145. The molecule has 1 aromatic heterocycles. The van der Waals surface area contributed by atoms with Gasteiger partial charge in [0, 0.05) is 11.6 Å². The Labute approximate surface area is 138 Å². The van der Waals surface area contributed by atoms with Crippen molar-refractivity contribution < 1.29 is 19.4 Å². The number of hydrogen-bond acceptors (Lipinski definition) is 5. The summed E-state index contributed by atoms with van der Waals surface area (Å²) < 4.78 is 4.56. The molecule has 6 nitrogen and oxygen atoms in total. The lowest BCUT2D eigenvalue weighted by atomic mass is 10.1. The van der Waals surface area contributed by atoms with E-state index in [2.05, 4.69) is 15.0 Å². The van der Waals surface area contributed by atoms with Crippen LogP contribution in [-0.4, -0.2) is 41.2 Å². The molecule has 0 aliphatic rings. The maximum absolute atomic E-state index is 12.4. The first-order valence-corrected chi connectivity index (χ1v) is 7.34. The molecule has 23 heavy (non-hydrogen) atoms. The molecule has 1 aromatic carbocycles. The van der Waals surface area contributed by atoms with Crippen molar-refractivity contribution in [3.05, 3.63) is 40.5 Å². The van der Waals surface area contributed by atoms with Crippen LogP contribution in [0.4, 0.5) is 0 Å². The van der Waals surface area contributed by atoms with E-state index >= 15 is 0 Å². The molecule has 0 aliphatic carbocycles. The van der Waals surface area contributed by atoms with Crippen LogP contribution >= 0.6 is 11.6 Å². The van der Waals surface area contributed by atoms with Crippen molar-refractivity contribution in [1.82, 2.24) is 10.3 Å². The molecule has 122 valence electrons. The Kier molecular flexibility index (Phi) is 5.18. The number of carbonyl (C=O) groups is 2. The molecule has 2 aromatic rings. The van der Waals surface area contributed by atoms with E-state index in [4.69, 9.17) is 11.6 Å². The van der Waals surface area contributed by atoms with Crippen LogP contribution in [-0.2, 0) is 9.53 Å². The van der Waals surface area contributed by atoms with E-state index in [1.165, 1.54) is 20.2 Å². The van der Waals surface area contributed by atoms with Crippen molar-refractivity contribution in [3.63, 3.8) is 0 Å². The number of aliphatic hydroxyl groups excluding tert-OH is 1. The molecule has 0 radical (unpaired) electrons. The maximum Gasteiger partial charge on any atom is 0.331 e. The molecule has 2 rings (SSSR count). The highest BCUT2D eigenvalue weighted by molar-refractivity contribution is 6.38. The van der Waals surface area contributed by atoms with Crippen LogP contribution in [0.2, 0.25) is 5.02 Å². The minimum Gasteiger partial charge on any atom is -0.467 e. The molecule has 0 saturated heterocycles. The summed E-state index contributed by atoms with van der Waals surface area (Å²) in [6.45, 7) is 3.31. The summed E-state index contributed by atoms with van der Waals surface area (Å²) >= 11 is 6.29. The van der Waals surface area contributed by atoms with Gasteiger partial charge in [0.2, 0.25) is 0 Å². The third kappa shape index (κ3) is 3.60. The number of aliphatic hydroxyl groups is 1. The lowest BCUT2D eigenvalue weighted by Crippen LogP contribution is -2.48. The Morgan fingerprint density at radius 2 is 2.09 bits per heavy atom. The average Bonchev–Trinajstić information content (AvgIpc) is 2.51. The number of pyridine rings is 1. The Morgan fingerprint density at radius 3 is 2.70 bits per heavy atom. The molecule has 0 spiro atoms. The molecule has 2 N–H and O–H groups in total. The number of esters is 1. The molecule has 0 aliphatic heterocycles. The number of methoxy groups -OCH3 is 1. The van der Waals surface area contributed by atoms with Crippen molar-refractivity contribution >= 4 is 34.4 Å². The molecular formula is C16H17ClN2O4. The second-order valence-corrected chi connectivity index (χ2v) is 5.60. The smallest absolute Gasteiger partial charge is 0.331 e. The van der Waals surface area contributed by atoms with Crippen molar-refractivity contribution in [1.29, 1.82) is 0 Å². The van der Waals surface area contributed by atoms with E-state index in [1.54, 1.807) is 6.07 Å². The van der Waals surface area contributed by atoms with Crippen LogP contribution in [0.5, 0.6) is 0 Å². The van der Waals surface area contributed by atoms with Crippen LogP contribution in [0.15, 0.2) is 24.4 Å². The fourth-order valence-corrected chi connectivity index (χ4v) is 2.45. The SMILES string of the molecule is COC(=O)[C@@H](NC(=O)c1cnc2cc(C)ccc2c1Cl)[C@H](C)O. The normalized spacial score (nSPS) is 13.4. The monoisotopic (exact) mass is 336 g/mol. The van der Waals surface area contributed by atoms with Gasteiger partial charge >= 0.3 is 5.97 Å². The van der Waals surface area contributed by atoms with Gasteiger partial charge in [0.15, 0.2) is 6.04 Å². The standard InChI is InChI=1S/C16H17ClN2O4/c1-8-4-5-10-12(6-8)18-7-11(13(10)17)15(21)19-14(9(2)20)16(22)23-3/h4-7,9,14,20H,1-3H3,(H,19,21)/t9-,14-/m0/s1. The summed E-state index contributed by atoms with van der Waals surface area (Å²) in [5.41, 5.74) is 1.82. The number of fused-ring (bicyclic) bond motifs is 1. The van der Waals surface area contributed by atoms with Gasteiger partial charge in [0.05, 0.1) is 29.3 Å². The Hall–Kier alpha value is -2.18. The zero-order valence-corrected chi connectivity index (χ0v) is 13.7. The van der Waals surface area contributed by atoms with Gasteiger partial charge in [0.25, 0.3) is 5.91 Å². The molecule has 0 fully saturated rings. The highest BCUT2D eigenvalue weighted by Gasteiger charge is 2.28. The Morgan fingerprint density at radius 1 is 1.39 bits per heavy atom. The largest absolute Gasteiger partial charge is 0.467 e. The van der Waals surface area contributed by atoms with Crippen LogP contribution in [0.3, 0.4) is 0 Å². The van der Waals surface area contributed by atoms with Gasteiger partial charge in [-0.2, -0.15) is 0 Å². The number of carbonyl (C=O) groups excluding carboxylic acids is 2. The second kappa shape index (κ2) is 6.93. The maximum atomic E-state index is 12.4. The molecule has 1 amide bonds. The number of aryl methyl sites for hydroxylation is 1. The van der Waals surface area contributed by atoms with E-state index in [0.29, 0.717) is 10.9 Å². The zero-order chi connectivity index (χ0) is 17.1. The van der Waals surface area contributed by atoms with Gasteiger partial charge in [-0.3, -0.25) is 9.78 Å². The molecule has 0 unspecified atom stereocenters. The third-order valence-electron chi connectivity index (χ3n) is 3.43. The molecule has 0 bridgehead atoms. The van der Waals surface area contributed by atoms with E-state index in [-0.39, 0.29) is 10.6 Å². The molecule has 2 atom stereocenters. The number of halogens is 1. The summed E-state index contributed by atoms with van der Waals surface area (Å²) in [6.07, 6.45) is 0.233. The summed E-state index contributed by atoms with van der Waals surface area (Å²) in [5.74, 6) is -1.35. The number of hydrogen-bond donors (Lipinski definition) is 2. The topological polar surface area (TPSA) is 88.5 Å². The number of ether oxygens (including phenoxy) is 1. The highest BCUT2D eigenvalue weighted by Crippen LogP contribution is 2.26. The van der Waals surface area contributed by atoms with Crippen LogP contribution in [0.1, 0.15) is 22.8 Å². The predicted octanol–water partition coefficient (Wildman–Crippen LogP) is 1.85. The minimum absolute atomic E-state index is 0.123. The highest BCUT2D eigenvalue weighted by atomic mass is 35.5. The van der Waals surface area contributed by atoms with E-state index in [9.17, 15) is 14.7 Å². The summed E-state index contributed by atoms with van der Waals surface area (Å²) in [5, 5.41) is 12.9. The van der Waals surface area contributed by atoms with E-state index < -0.39 is 24.0 Å². The second-order valence-electron chi connectivity index (χ2n) is 5.22. The molecule has 1 heterocycles. The molecule has 0 saturated carbocycles. The first-order valence-electron chi connectivity index (χ1n) is 6.96. The minimum atomic E-state index is -1.18.